The number of nitrogens with one attached hydrogen (secondary N) is 1. The van der Waals surface area contributed by atoms with E-state index in [0.717, 1.165) is 23.1 Å². The minimum absolute atomic E-state index is 0.109. The van der Waals surface area contributed by atoms with E-state index in [1.165, 1.54) is 0 Å². The monoisotopic (exact) mass is 475 g/mol. The number of hydrogen-bond acceptors (Lipinski definition) is 5. The van der Waals surface area contributed by atoms with Crippen molar-refractivity contribution in [1.29, 1.82) is 5.26 Å². The molecule has 35 heavy (non-hydrogen) atoms. The second kappa shape index (κ2) is 10.4. The van der Waals surface area contributed by atoms with E-state index >= 15 is 4.39 Å². The van der Waals surface area contributed by atoms with Gasteiger partial charge in [-0.15, -0.1) is 10.2 Å². The van der Waals surface area contributed by atoms with E-state index in [9.17, 15) is 4.79 Å². The van der Waals surface area contributed by atoms with Crippen LogP contribution < -0.4 is 0 Å². The van der Waals surface area contributed by atoms with Crippen LogP contribution >= 0.6 is 0 Å². The average Bonchev–Trinajstić information content (AvgIpc) is 3.36. The maximum absolute atomic E-state index is 15.7. The Balaban J connectivity index is 1.54. The highest BCUT2D eigenvalue weighted by Gasteiger charge is 2.38. The van der Waals surface area contributed by atoms with Crippen LogP contribution in [0.25, 0.3) is 11.4 Å². The Kier molecular flexibility index (Phi) is 7.27. The molecule has 0 saturated carbocycles. The minimum Gasteiger partial charge on any atom is -0.374 e. The van der Waals surface area contributed by atoms with Crippen molar-refractivity contribution in [3.05, 3.63) is 70.0 Å². The Hall–Kier alpha value is -3.57. The Labute approximate surface area is 204 Å². The first kappa shape index (κ1) is 24.6. The van der Waals surface area contributed by atoms with Crippen molar-refractivity contribution in [2.75, 3.05) is 19.7 Å². The second-order valence-electron chi connectivity index (χ2n) is 8.88. The van der Waals surface area contributed by atoms with Gasteiger partial charge in [-0.05, 0) is 55.2 Å². The lowest BCUT2D eigenvalue weighted by atomic mass is 9.85. The number of aromatic amines is 1. The van der Waals surface area contributed by atoms with E-state index in [1.807, 2.05) is 26.0 Å². The van der Waals surface area contributed by atoms with Crippen LogP contribution in [0.1, 0.15) is 65.1 Å². The summed E-state index contributed by atoms with van der Waals surface area (Å²) in [7, 11) is 0. The molecule has 0 atom stereocenters. The molecule has 7 nitrogen and oxygen atoms in total. The summed E-state index contributed by atoms with van der Waals surface area (Å²) in [6, 6.07) is 12.6. The van der Waals surface area contributed by atoms with Gasteiger partial charge in [0.2, 0.25) is 0 Å². The highest BCUT2D eigenvalue weighted by Crippen LogP contribution is 2.38. The predicted molar refractivity (Wildman–Crippen MR) is 130 cm³/mol. The fourth-order valence-corrected chi connectivity index (χ4v) is 4.56. The number of likely N-dealkylation sites (tertiary alicyclic amines) is 1. The van der Waals surface area contributed by atoms with E-state index in [0.29, 0.717) is 54.6 Å². The van der Waals surface area contributed by atoms with Crippen LogP contribution in [0, 0.1) is 18.3 Å². The minimum atomic E-state index is -1.51. The Morgan fingerprint density at radius 2 is 1.91 bits per heavy atom. The van der Waals surface area contributed by atoms with Gasteiger partial charge in [0, 0.05) is 43.7 Å². The number of carbonyl (C=O) groups is 1. The third-order valence-electron chi connectivity index (χ3n) is 6.67. The zero-order chi connectivity index (χ0) is 25.0. The topological polar surface area (TPSA) is 94.9 Å². The number of rotatable bonds is 7. The number of amides is 1. The summed E-state index contributed by atoms with van der Waals surface area (Å²) in [6.07, 6.45) is 1.21. The number of alkyl halides is 1. The normalized spacial score (nSPS) is 15.1. The van der Waals surface area contributed by atoms with Crippen molar-refractivity contribution in [3.8, 4) is 17.5 Å². The number of aryl methyl sites for hydroxylation is 2. The van der Waals surface area contributed by atoms with Crippen molar-refractivity contribution >= 4 is 5.91 Å². The van der Waals surface area contributed by atoms with Gasteiger partial charge in [-0.2, -0.15) is 5.26 Å². The zero-order valence-corrected chi connectivity index (χ0v) is 20.4. The number of aromatic nitrogens is 3. The van der Waals surface area contributed by atoms with Crippen LogP contribution in [-0.2, 0) is 23.4 Å². The first-order valence-corrected chi connectivity index (χ1v) is 12.0. The first-order chi connectivity index (χ1) is 16.9. The molecule has 1 fully saturated rings. The Morgan fingerprint density at radius 1 is 1.20 bits per heavy atom. The average molecular weight is 476 g/mol. The van der Waals surface area contributed by atoms with Gasteiger partial charge >= 0.3 is 0 Å². The van der Waals surface area contributed by atoms with E-state index in [1.54, 1.807) is 29.2 Å². The molecule has 8 heteroatoms. The summed E-state index contributed by atoms with van der Waals surface area (Å²) in [5, 5.41) is 17.4. The van der Waals surface area contributed by atoms with Crippen LogP contribution in [-0.4, -0.2) is 45.7 Å². The van der Waals surface area contributed by atoms with Crippen LogP contribution in [0.15, 0.2) is 36.4 Å². The van der Waals surface area contributed by atoms with E-state index in [-0.39, 0.29) is 18.7 Å². The van der Waals surface area contributed by atoms with Gasteiger partial charge in [0.25, 0.3) is 5.91 Å². The van der Waals surface area contributed by atoms with Gasteiger partial charge in [-0.25, -0.2) is 4.39 Å². The van der Waals surface area contributed by atoms with Gasteiger partial charge in [0.05, 0.1) is 11.6 Å². The summed E-state index contributed by atoms with van der Waals surface area (Å²) >= 11 is 0. The standard InChI is InChI=1S/C27H30FN5O2/c1-4-20-14-18(3)22(15-23(20)25-30-24(31-32-25)17-35-5-2)26(34)33-12-10-27(28,11-13-33)21-8-6-19(16-29)7-9-21/h6-9,14-15H,4-5,10-13,17H2,1-3H3,(H,30,31,32). The number of benzene rings is 2. The lowest BCUT2D eigenvalue weighted by Gasteiger charge is -2.37. The summed E-state index contributed by atoms with van der Waals surface area (Å²) in [5.74, 6) is 1.13. The third-order valence-corrected chi connectivity index (χ3v) is 6.67. The second-order valence-corrected chi connectivity index (χ2v) is 8.88. The van der Waals surface area contributed by atoms with Crippen molar-refractivity contribution in [1.82, 2.24) is 20.1 Å². The molecular weight excluding hydrogens is 445 g/mol. The molecule has 1 amide bonds. The van der Waals surface area contributed by atoms with Crippen molar-refractivity contribution < 1.29 is 13.9 Å². The third kappa shape index (κ3) is 5.10. The molecule has 0 spiro atoms. The molecule has 0 bridgehead atoms. The molecule has 4 rings (SSSR count). The van der Waals surface area contributed by atoms with Crippen LogP contribution in [0.4, 0.5) is 4.39 Å². The van der Waals surface area contributed by atoms with Crippen LogP contribution in [0.3, 0.4) is 0 Å². The molecule has 2 heterocycles. The van der Waals surface area contributed by atoms with Gasteiger partial charge in [0.1, 0.15) is 12.3 Å². The Bertz CT molecular complexity index is 1240. The fourth-order valence-electron chi connectivity index (χ4n) is 4.56. The summed E-state index contributed by atoms with van der Waals surface area (Å²) in [5.41, 5.74) is 2.93. The number of carbonyl (C=O) groups excluding carboxylic acids is 1. The molecule has 0 radical (unpaired) electrons. The van der Waals surface area contributed by atoms with Gasteiger partial charge in [-0.3, -0.25) is 4.79 Å². The molecule has 182 valence electrons. The number of nitrogens with zero attached hydrogens (tertiary/aromatic N) is 4. The number of halogens is 1. The largest absolute Gasteiger partial charge is 0.374 e. The zero-order valence-electron chi connectivity index (χ0n) is 20.4. The maximum Gasteiger partial charge on any atom is 0.254 e. The molecule has 1 aliphatic rings. The molecular formula is C27H30FN5O2. The molecule has 1 saturated heterocycles. The molecule has 3 aromatic rings. The van der Waals surface area contributed by atoms with Gasteiger partial charge in [-0.1, -0.05) is 25.1 Å². The number of hydrogen-bond donors (Lipinski definition) is 1. The molecule has 1 N–H and O–H groups in total. The molecule has 1 aromatic heterocycles. The number of ether oxygens (including phenoxy) is 1. The lowest BCUT2D eigenvalue weighted by Crippen LogP contribution is -2.43. The SMILES string of the molecule is CCOCc1nnc(-c2cc(C(=O)N3CCC(F)(c4ccc(C#N)cc4)CC3)c(C)cc2CC)[nH]1. The molecule has 2 aromatic carbocycles. The molecule has 1 aliphatic heterocycles. The highest BCUT2D eigenvalue weighted by molar-refractivity contribution is 5.97. The van der Waals surface area contributed by atoms with Crippen molar-refractivity contribution in [3.63, 3.8) is 0 Å². The van der Waals surface area contributed by atoms with E-state index in [2.05, 4.69) is 28.2 Å². The lowest BCUT2D eigenvalue weighted by molar-refractivity contribution is 0.0421. The number of piperidine rings is 1. The number of nitriles is 1. The van der Waals surface area contributed by atoms with E-state index in [4.69, 9.17) is 10.00 Å². The number of H-pyrrole nitrogens is 1. The quantitative estimate of drug-likeness (QED) is 0.527. The highest BCUT2D eigenvalue weighted by atomic mass is 19.1. The van der Waals surface area contributed by atoms with Crippen molar-refractivity contribution in [2.24, 2.45) is 0 Å². The maximum atomic E-state index is 15.7. The van der Waals surface area contributed by atoms with Crippen LogP contribution in [0.2, 0.25) is 0 Å². The molecule has 0 aliphatic carbocycles. The van der Waals surface area contributed by atoms with Crippen molar-refractivity contribution in [2.45, 2.75) is 52.3 Å². The predicted octanol–water partition coefficient (Wildman–Crippen LogP) is 4.85. The van der Waals surface area contributed by atoms with Crippen LogP contribution in [0.5, 0.6) is 0 Å². The van der Waals surface area contributed by atoms with Gasteiger partial charge < -0.3 is 14.6 Å². The first-order valence-electron chi connectivity index (χ1n) is 12.0. The van der Waals surface area contributed by atoms with E-state index < -0.39 is 5.67 Å². The summed E-state index contributed by atoms with van der Waals surface area (Å²) < 4.78 is 21.1. The smallest absolute Gasteiger partial charge is 0.254 e. The Morgan fingerprint density at radius 3 is 2.54 bits per heavy atom. The summed E-state index contributed by atoms with van der Waals surface area (Å²) in [6.45, 7) is 7.48. The van der Waals surface area contributed by atoms with Gasteiger partial charge in [0.15, 0.2) is 11.6 Å². The fraction of sp³-hybridized carbons (Fsp3) is 0.407. The summed E-state index contributed by atoms with van der Waals surface area (Å²) in [4.78, 5) is 18.4. The molecule has 0 unspecified atom stereocenters.